The number of carbonyl (C=O) groups excluding carboxylic acids is 2. The van der Waals surface area contributed by atoms with Crippen LogP contribution in [0.15, 0.2) is 36.5 Å². The highest BCUT2D eigenvalue weighted by Crippen LogP contribution is 2.40. The van der Waals surface area contributed by atoms with Gasteiger partial charge in [0.15, 0.2) is 0 Å². The van der Waals surface area contributed by atoms with E-state index in [-0.39, 0.29) is 0 Å². The Morgan fingerprint density at radius 2 is 2.04 bits per heavy atom. The number of nitrogens with one attached hydrogen (secondary N) is 1. The van der Waals surface area contributed by atoms with Gasteiger partial charge in [0, 0.05) is 11.8 Å². The van der Waals surface area contributed by atoms with E-state index in [1.165, 1.54) is 4.57 Å². The Morgan fingerprint density at radius 3 is 2.69 bits per heavy atom. The molecular weight excluding hydrogens is 332 g/mol. The van der Waals surface area contributed by atoms with E-state index >= 15 is 0 Å². The number of ether oxygens (including phenoxy) is 2. The van der Waals surface area contributed by atoms with Gasteiger partial charge < -0.3 is 9.47 Å². The van der Waals surface area contributed by atoms with E-state index in [0.717, 1.165) is 22.5 Å². The Morgan fingerprint density at radius 1 is 1.31 bits per heavy atom. The van der Waals surface area contributed by atoms with Gasteiger partial charge in [0.2, 0.25) is 0 Å². The van der Waals surface area contributed by atoms with Crippen molar-refractivity contribution in [1.29, 1.82) is 0 Å². The van der Waals surface area contributed by atoms with E-state index < -0.39 is 23.4 Å². The van der Waals surface area contributed by atoms with E-state index in [0.29, 0.717) is 6.42 Å². The topological polar surface area (TPSA) is 69.6 Å². The average Bonchev–Trinajstić information content (AvgIpc) is 3.02. The van der Waals surface area contributed by atoms with Crippen LogP contribution in [-0.2, 0) is 15.1 Å². The van der Waals surface area contributed by atoms with E-state index in [1.54, 1.807) is 12.3 Å². The molecule has 0 fully saturated rings. The predicted octanol–water partition coefficient (Wildman–Crippen LogP) is 5.13. The van der Waals surface area contributed by atoms with E-state index in [2.05, 4.69) is 5.32 Å². The quantitative estimate of drug-likeness (QED) is 0.810. The molecule has 2 aromatic rings. The highest BCUT2D eigenvalue weighted by molar-refractivity contribution is 5.90. The maximum Gasteiger partial charge on any atom is 0.418 e. The van der Waals surface area contributed by atoms with Crippen LogP contribution in [0.25, 0.3) is 11.3 Å². The molecule has 0 spiro atoms. The van der Waals surface area contributed by atoms with Crippen molar-refractivity contribution in [2.75, 3.05) is 5.32 Å². The maximum atomic E-state index is 12.5. The first-order chi connectivity index (χ1) is 12.1. The smallest absolute Gasteiger partial charge is 0.418 e. The van der Waals surface area contributed by atoms with Gasteiger partial charge in [-0.05, 0) is 63.9 Å². The first-order valence-electron chi connectivity index (χ1n) is 8.68. The summed E-state index contributed by atoms with van der Waals surface area (Å²) in [6.45, 7) is 9.36. The number of carbonyl (C=O) groups is 2. The lowest BCUT2D eigenvalue weighted by Gasteiger charge is -2.35. The number of hydrogen-bond acceptors (Lipinski definition) is 4. The van der Waals surface area contributed by atoms with Crippen LogP contribution < -0.4 is 5.32 Å². The highest BCUT2D eigenvalue weighted by atomic mass is 16.6. The zero-order valence-corrected chi connectivity index (χ0v) is 15.8. The summed E-state index contributed by atoms with van der Waals surface area (Å²) in [7, 11) is 0. The third kappa shape index (κ3) is 3.31. The summed E-state index contributed by atoms with van der Waals surface area (Å²) in [4.78, 5) is 24.3. The zero-order valence-electron chi connectivity index (χ0n) is 15.8. The molecule has 1 N–H and O–H groups in total. The van der Waals surface area contributed by atoms with Crippen LogP contribution in [0.1, 0.15) is 46.6 Å². The molecule has 6 heteroatoms. The van der Waals surface area contributed by atoms with Gasteiger partial charge in [0.1, 0.15) is 11.2 Å². The first kappa shape index (κ1) is 18.0. The fraction of sp³-hybridized carbons (Fsp3) is 0.400. The first-order valence-corrected chi connectivity index (χ1v) is 8.68. The summed E-state index contributed by atoms with van der Waals surface area (Å²) in [5, 5.41) is 2.73. The molecule has 1 aromatic heterocycles. The molecule has 1 unspecified atom stereocenters. The van der Waals surface area contributed by atoms with Crippen LogP contribution in [0.4, 0.5) is 15.3 Å². The second-order valence-corrected chi connectivity index (χ2v) is 7.60. The molecule has 1 aliphatic heterocycles. The molecule has 0 saturated heterocycles. The Labute approximate surface area is 153 Å². The van der Waals surface area contributed by atoms with Gasteiger partial charge in [-0.15, -0.1) is 0 Å². The number of cyclic esters (lactones) is 1. The normalized spacial score (nSPS) is 19.3. The summed E-state index contributed by atoms with van der Waals surface area (Å²) in [5.74, 6) is 0. The molecule has 6 nitrogen and oxygen atoms in total. The maximum absolute atomic E-state index is 12.5. The molecule has 3 rings (SSSR count). The molecule has 138 valence electrons. The third-order valence-electron chi connectivity index (χ3n) is 4.45. The average molecular weight is 356 g/mol. The van der Waals surface area contributed by atoms with E-state index in [4.69, 9.17) is 9.47 Å². The molecule has 0 radical (unpaired) electrons. The second-order valence-electron chi connectivity index (χ2n) is 7.60. The lowest BCUT2D eigenvalue weighted by molar-refractivity contribution is 0.0236. The van der Waals surface area contributed by atoms with Crippen LogP contribution >= 0.6 is 0 Å². The van der Waals surface area contributed by atoms with Gasteiger partial charge in [0.05, 0.1) is 11.4 Å². The number of benzene rings is 1. The molecule has 1 atom stereocenters. The molecule has 1 aliphatic rings. The van der Waals surface area contributed by atoms with Crippen molar-refractivity contribution in [3.63, 3.8) is 0 Å². The van der Waals surface area contributed by atoms with Gasteiger partial charge >= 0.3 is 12.2 Å². The van der Waals surface area contributed by atoms with Crippen molar-refractivity contribution >= 4 is 17.9 Å². The number of aromatic nitrogens is 1. The van der Waals surface area contributed by atoms with Crippen LogP contribution in [0, 0.1) is 0 Å². The summed E-state index contributed by atoms with van der Waals surface area (Å²) in [5.41, 5.74) is 1.89. The molecule has 2 heterocycles. The van der Waals surface area contributed by atoms with Crippen molar-refractivity contribution < 1.29 is 19.1 Å². The van der Waals surface area contributed by atoms with Crippen molar-refractivity contribution in [2.24, 2.45) is 0 Å². The molecule has 1 aromatic carbocycles. The minimum atomic E-state index is -0.711. The fourth-order valence-corrected chi connectivity index (χ4v) is 2.99. The van der Waals surface area contributed by atoms with Crippen LogP contribution in [-0.4, -0.2) is 22.4 Å². The Bertz CT molecular complexity index is 863. The van der Waals surface area contributed by atoms with Crippen LogP contribution in [0.2, 0.25) is 0 Å². The molecular formula is C20H24N2O4. The van der Waals surface area contributed by atoms with E-state index in [9.17, 15) is 9.59 Å². The number of rotatable bonds is 2. The number of hydrogen-bond donors (Lipinski definition) is 1. The fourth-order valence-electron chi connectivity index (χ4n) is 2.99. The summed E-state index contributed by atoms with van der Waals surface area (Å²) in [6.07, 6.45) is 1.44. The molecule has 0 aliphatic carbocycles. The Balaban J connectivity index is 2.03. The standard InChI is InChI=1S/C20H24N2O4/c1-6-20(5)14-12-13(9-10-15(14)21-17(23)25-20)16-8-7-11-22(16)18(24)26-19(2,3)4/h7-12H,6H2,1-5H3,(H,21,23). The summed E-state index contributed by atoms with van der Waals surface area (Å²) >= 11 is 0. The van der Waals surface area contributed by atoms with Gasteiger partial charge in [-0.2, -0.15) is 0 Å². The summed E-state index contributed by atoms with van der Waals surface area (Å²) < 4.78 is 12.5. The summed E-state index contributed by atoms with van der Waals surface area (Å²) in [6, 6.07) is 9.32. The van der Waals surface area contributed by atoms with Crippen LogP contribution in [0.5, 0.6) is 0 Å². The number of nitrogens with zero attached hydrogens (tertiary/aromatic N) is 1. The molecule has 26 heavy (non-hydrogen) atoms. The SMILES string of the molecule is CCC1(C)OC(=O)Nc2ccc(-c3cccn3C(=O)OC(C)(C)C)cc21. The Kier molecular flexibility index (Phi) is 4.30. The highest BCUT2D eigenvalue weighted by Gasteiger charge is 2.36. The Hall–Kier alpha value is -2.76. The molecule has 0 bridgehead atoms. The molecule has 1 amide bonds. The van der Waals surface area contributed by atoms with E-state index in [1.807, 2.05) is 58.9 Å². The van der Waals surface area contributed by atoms with Gasteiger partial charge in [0.25, 0.3) is 0 Å². The van der Waals surface area contributed by atoms with Crippen LogP contribution in [0.3, 0.4) is 0 Å². The minimum absolute atomic E-state index is 0.432. The lowest BCUT2D eigenvalue weighted by Crippen LogP contribution is -2.36. The number of amides is 1. The number of fused-ring (bicyclic) bond motifs is 1. The van der Waals surface area contributed by atoms with Crippen molar-refractivity contribution in [1.82, 2.24) is 4.57 Å². The largest absolute Gasteiger partial charge is 0.443 e. The van der Waals surface area contributed by atoms with Crippen molar-refractivity contribution in [2.45, 2.75) is 52.2 Å². The van der Waals surface area contributed by atoms with Gasteiger partial charge in [-0.3, -0.25) is 9.88 Å². The van der Waals surface area contributed by atoms with Crippen molar-refractivity contribution in [3.05, 3.63) is 42.1 Å². The monoisotopic (exact) mass is 356 g/mol. The molecule has 0 saturated carbocycles. The second kappa shape index (κ2) is 6.20. The van der Waals surface area contributed by atoms with Gasteiger partial charge in [-0.25, -0.2) is 9.59 Å². The zero-order chi connectivity index (χ0) is 19.1. The van der Waals surface area contributed by atoms with Crippen molar-refractivity contribution in [3.8, 4) is 11.3 Å². The minimum Gasteiger partial charge on any atom is -0.443 e. The third-order valence-corrected chi connectivity index (χ3v) is 4.45. The lowest BCUT2D eigenvalue weighted by atomic mass is 9.88. The van der Waals surface area contributed by atoms with Gasteiger partial charge in [-0.1, -0.05) is 13.0 Å². The number of anilines is 1. The predicted molar refractivity (Wildman–Crippen MR) is 99.2 cm³/mol.